The summed E-state index contributed by atoms with van der Waals surface area (Å²) in [5.74, 6) is 1.68. The van der Waals surface area contributed by atoms with Crippen LogP contribution in [0.5, 0.6) is 5.75 Å². The molecule has 4 aromatic rings. The van der Waals surface area contributed by atoms with Crippen LogP contribution in [0.25, 0.3) is 22.2 Å². The molecule has 0 atom stereocenters. The van der Waals surface area contributed by atoms with Crippen molar-refractivity contribution in [1.29, 1.82) is 0 Å². The lowest BCUT2D eigenvalue weighted by atomic mass is 9.80. The number of urea groups is 1. The van der Waals surface area contributed by atoms with E-state index in [4.69, 9.17) is 10.5 Å². The summed E-state index contributed by atoms with van der Waals surface area (Å²) in [5.41, 5.74) is 10.3. The van der Waals surface area contributed by atoms with Gasteiger partial charge in [-0.3, -0.25) is 0 Å². The van der Waals surface area contributed by atoms with Gasteiger partial charge in [-0.1, -0.05) is 42.5 Å². The molecule has 0 bridgehead atoms. The average molecular weight is 514 g/mol. The Hall–Kier alpha value is -4.11. The molecule has 9 nitrogen and oxygen atoms in total. The Morgan fingerprint density at radius 3 is 2.71 bits per heavy atom. The van der Waals surface area contributed by atoms with Crippen LogP contribution in [0.15, 0.2) is 67.1 Å². The van der Waals surface area contributed by atoms with Crippen molar-refractivity contribution < 1.29 is 9.53 Å². The number of carbonyl (C=O) groups excluding carboxylic acids is 1. The second-order valence-corrected chi connectivity index (χ2v) is 10.1. The van der Waals surface area contributed by atoms with Gasteiger partial charge in [0.05, 0.1) is 5.39 Å². The topological polar surface area (TPSA) is 110 Å². The number of rotatable bonds is 10. The van der Waals surface area contributed by atoms with Crippen molar-refractivity contribution in [3.8, 4) is 16.9 Å². The fourth-order valence-electron chi connectivity index (χ4n) is 4.89. The number of nitrogens with two attached hydrogens (primary N) is 1. The van der Waals surface area contributed by atoms with Gasteiger partial charge in [-0.25, -0.2) is 14.8 Å². The minimum Gasteiger partial charge on any atom is -0.489 e. The quantitative estimate of drug-likeness (QED) is 0.295. The molecule has 2 heterocycles. The van der Waals surface area contributed by atoms with E-state index < -0.39 is 0 Å². The molecule has 0 unspecified atom stereocenters. The normalized spacial score (nSPS) is 16.8. The van der Waals surface area contributed by atoms with Gasteiger partial charge in [-0.15, -0.1) is 0 Å². The summed E-state index contributed by atoms with van der Waals surface area (Å²) in [5, 5.41) is 6.75. The van der Waals surface area contributed by atoms with E-state index in [0.29, 0.717) is 37.5 Å². The molecule has 4 N–H and O–H groups in total. The Morgan fingerprint density at radius 1 is 1.11 bits per heavy atom. The number of likely N-dealkylation sites (N-methyl/N-ethyl adjacent to an activating group) is 1. The van der Waals surface area contributed by atoms with E-state index in [1.807, 2.05) is 55.4 Å². The number of aromatic nitrogens is 3. The number of ether oxygens (including phenoxy) is 1. The van der Waals surface area contributed by atoms with Crippen LogP contribution in [-0.2, 0) is 6.61 Å². The number of anilines is 1. The van der Waals surface area contributed by atoms with Crippen LogP contribution in [0.3, 0.4) is 0 Å². The van der Waals surface area contributed by atoms with Gasteiger partial charge in [0.2, 0.25) is 0 Å². The summed E-state index contributed by atoms with van der Waals surface area (Å²) in [4.78, 5) is 23.0. The summed E-state index contributed by atoms with van der Waals surface area (Å²) < 4.78 is 8.28. The van der Waals surface area contributed by atoms with Crippen molar-refractivity contribution in [3.05, 3.63) is 72.7 Å². The van der Waals surface area contributed by atoms with Crippen molar-refractivity contribution in [1.82, 2.24) is 30.1 Å². The lowest BCUT2D eigenvalue weighted by molar-refractivity contribution is 0.192. The monoisotopic (exact) mass is 513 g/mol. The molecule has 2 amide bonds. The zero-order valence-electron chi connectivity index (χ0n) is 21.9. The van der Waals surface area contributed by atoms with E-state index >= 15 is 0 Å². The van der Waals surface area contributed by atoms with Crippen molar-refractivity contribution >= 4 is 22.9 Å². The lowest BCUT2D eigenvalue weighted by Gasteiger charge is -2.36. The molecule has 0 radical (unpaired) electrons. The first-order chi connectivity index (χ1) is 18.5. The molecule has 2 aromatic heterocycles. The summed E-state index contributed by atoms with van der Waals surface area (Å²) in [7, 11) is 3.97. The first-order valence-corrected chi connectivity index (χ1v) is 13.0. The van der Waals surface area contributed by atoms with Crippen LogP contribution in [0.4, 0.5) is 10.6 Å². The molecule has 38 heavy (non-hydrogen) atoms. The van der Waals surface area contributed by atoms with Crippen molar-refractivity contribution in [2.45, 2.75) is 25.5 Å². The van der Waals surface area contributed by atoms with Crippen LogP contribution in [0, 0.1) is 5.92 Å². The Morgan fingerprint density at radius 2 is 1.92 bits per heavy atom. The highest BCUT2D eigenvalue weighted by molar-refractivity contribution is 6.00. The van der Waals surface area contributed by atoms with Gasteiger partial charge < -0.3 is 30.6 Å². The molecule has 0 saturated heterocycles. The Bertz CT molecular complexity index is 1380. The minimum atomic E-state index is -0.112. The highest BCUT2D eigenvalue weighted by Crippen LogP contribution is 2.42. The van der Waals surface area contributed by atoms with Crippen LogP contribution < -0.4 is 21.1 Å². The van der Waals surface area contributed by atoms with Gasteiger partial charge in [-0.2, -0.15) is 0 Å². The summed E-state index contributed by atoms with van der Waals surface area (Å²) in [6.45, 7) is 2.61. The van der Waals surface area contributed by atoms with Crippen molar-refractivity contribution in [2.75, 3.05) is 39.5 Å². The van der Waals surface area contributed by atoms with Crippen molar-refractivity contribution in [3.63, 3.8) is 0 Å². The number of benzene rings is 2. The molecular formula is C29H35N7O2. The number of carbonyl (C=O) groups is 1. The Balaban J connectivity index is 1.27. The fraction of sp³-hybridized carbons (Fsp3) is 0.345. The molecule has 0 spiro atoms. The number of amides is 2. The van der Waals surface area contributed by atoms with Crippen LogP contribution in [0.2, 0.25) is 0 Å². The van der Waals surface area contributed by atoms with E-state index in [0.717, 1.165) is 52.9 Å². The largest absolute Gasteiger partial charge is 0.489 e. The Labute approximate surface area is 223 Å². The first-order valence-electron chi connectivity index (χ1n) is 13.0. The molecule has 198 valence electrons. The summed E-state index contributed by atoms with van der Waals surface area (Å²) in [6, 6.07) is 18.4. The second kappa shape index (κ2) is 11.5. The van der Waals surface area contributed by atoms with Crippen LogP contribution in [-0.4, -0.2) is 59.2 Å². The smallest absolute Gasteiger partial charge is 0.314 e. The number of nitrogens with zero attached hydrogens (tertiary/aromatic N) is 4. The third kappa shape index (κ3) is 5.89. The van der Waals surface area contributed by atoms with Gasteiger partial charge in [0.1, 0.15) is 30.1 Å². The van der Waals surface area contributed by atoms with E-state index in [2.05, 4.69) is 49.6 Å². The predicted octanol–water partition coefficient (Wildman–Crippen LogP) is 4.07. The lowest BCUT2D eigenvalue weighted by Crippen LogP contribution is -2.43. The highest BCUT2D eigenvalue weighted by Gasteiger charge is 2.32. The fourth-order valence-corrected chi connectivity index (χ4v) is 4.89. The maximum atomic E-state index is 12.1. The highest BCUT2D eigenvalue weighted by atomic mass is 16.5. The molecular weight excluding hydrogens is 478 g/mol. The van der Waals surface area contributed by atoms with Gasteiger partial charge in [-0.05, 0) is 56.1 Å². The SMILES string of the molecule is CN(C)CCNC(=O)NCC1CC(n2cc(-c3cccc(OCc4ccccc4)c3)c3c(N)ncnc32)C1. The molecule has 2 aromatic carbocycles. The number of hydrogen-bond acceptors (Lipinski definition) is 6. The number of hydrogen-bond donors (Lipinski definition) is 3. The minimum absolute atomic E-state index is 0.112. The molecule has 0 aliphatic heterocycles. The average Bonchev–Trinajstić information content (AvgIpc) is 3.28. The molecule has 1 aliphatic rings. The van der Waals surface area contributed by atoms with E-state index in [-0.39, 0.29) is 6.03 Å². The zero-order chi connectivity index (χ0) is 26.5. The number of fused-ring (bicyclic) bond motifs is 1. The van der Waals surface area contributed by atoms with Gasteiger partial charge >= 0.3 is 6.03 Å². The number of nitrogen functional groups attached to an aromatic ring is 1. The van der Waals surface area contributed by atoms with Gasteiger partial charge in [0.15, 0.2) is 0 Å². The maximum absolute atomic E-state index is 12.1. The zero-order valence-corrected chi connectivity index (χ0v) is 21.9. The third-order valence-electron chi connectivity index (χ3n) is 7.03. The van der Waals surface area contributed by atoms with Gasteiger partial charge in [0, 0.05) is 37.4 Å². The molecule has 1 fully saturated rings. The Kier molecular flexibility index (Phi) is 7.74. The molecule has 5 rings (SSSR count). The predicted molar refractivity (Wildman–Crippen MR) is 150 cm³/mol. The molecule has 1 saturated carbocycles. The van der Waals surface area contributed by atoms with E-state index in [1.54, 1.807) is 0 Å². The van der Waals surface area contributed by atoms with Crippen LogP contribution in [0.1, 0.15) is 24.4 Å². The standard InChI is InChI=1S/C29H35N7O2/c1-35(2)12-11-31-29(37)32-16-21-13-23(14-21)36-17-25(26-27(30)33-19-34-28(26)36)22-9-6-10-24(15-22)38-18-20-7-4-3-5-8-20/h3-10,15,17,19,21,23H,11-14,16,18H2,1-2H3,(H2,30,33,34)(H2,31,32,37). The van der Waals surface area contributed by atoms with Crippen molar-refractivity contribution in [2.24, 2.45) is 5.92 Å². The molecule has 1 aliphatic carbocycles. The molecule has 9 heteroatoms. The van der Waals surface area contributed by atoms with E-state index in [9.17, 15) is 4.79 Å². The van der Waals surface area contributed by atoms with E-state index in [1.165, 1.54) is 6.33 Å². The maximum Gasteiger partial charge on any atom is 0.314 e. The summed E-state index contributed by atoms with van der Waals surface area (Å²) >= 11 is 0. The number of nitrogens with one attached hydrogen (secondary N) is 2. The third-order valence-corrected chi connectivity index (χ3v) is 7.03. The summed E-state index contributed by atoms with van der Waals surface area (Å²) in [6.07, 6.45) is 5.58. The van der Waals surface area contributed by atoms with Gasteiger partial charge in [0.25, 0.3) is 0 Å². The van der Waals surface area contributed by atoms with Crippen LogP contribution >= 0.6 is 0 Å². The second-order valence-electron chi connectivity index (χ2n) is 10.1. The first kappa shape index (κ1) is 25.5.